The van der Waals surface area contributed by atoms with Gasteiger partial charge in [0, 0.05) is 4.88 Å². The number of hydrogen-bond acceptors (Lipinski definition) is 4. The van der Waals surface area contributed by atoms with Crippen molar-refractivity contribution in [2.45, 2.75) is 38.6 Å². The lowest BCUT2D eigenvalue weighted by molar-refractivity contribution is -0.118. The number of halogens is 1. The molecule has 3 aromatic rings. The molecule has 0 fully saturated rings. The Balaban J connectivity index is 1.70. The van der Waals surface area contributed by atoms with Crippen molar-refractivity contribution in [2.75, 3.05) is 5.32 Å². The van der Waals surface area contributed by atoms with Gasteiger partial charge in [0.15, 0.2) is 0 Å². The van der Waals surface area contributed by atoms with Crippen molar-refractivity contribution in [1.29, 1.82) is 0 Å². The molecule has 4 rings (SSSR count). The summed E-state index contributed by atoms with van der Waals surface area (Å²) in [5, 5.41) is 3.93. The van der Waals surface area contributed by atoms with E-state index in [-0.39, 0.29) is 11.5 Å². The SMILES string of the molecule is C[C@@H](C(=O)Nc1ccccc1Cl)n1cnc2sc3c(c2c1=O)CCCC3. The predicted octanol–water partition coefficient (Wildman–Crippen LogP) is 4.19. The van der Waals surface area contributed by atoms with Gasteiger partial charge in [0.1, 0.15) is 10.9 Å². The Morgan fingerprint density at radius 3 is 2.88 bits per heavy atom. The summed E-state index contributed by atoms with van der Waals surface area (Å²) >= 11 is 7.70. The highest BCUT2D eigenvalue weighted by molar-refractivity contribution is 7.18. The molecule has 134 valence electrons. The number of carbonyl (C=O) groups is 1. The highest BCUT2D eigenvalue weighted by Crippen LogP contribution is 2.33. The summed E-state index contributed by atoms with van der Waals surface area (Å²) < 4.78 is 1.41. The first-order chi connectivity index (χ1) is 12.6. The zero-order valence-electron chi connectivity index (χ0n) is 14.3. The second kappa shape index (κ2) is 6.85. The van der Waals surface area contributed by atoms with E-state index in [2.05, 4.69) is 10.3 Å². The first kappa shape index (κ1) is 17.2. The molecule has 7 heteroatoms. The fourth-order valence-electron chi connectivity index (χ4n) is 3.36. The van der Waals surface area contributed by atoms with E-state index in [1.165, 1.54) is 15.8 Å². The van der Waals surface area contributed by atoms with Crippen LogP contribution in [0.2, 0.25) is 5.02 Å². The largest absolute Gasteiger partial charge is 0.323 e. The molecule has 0 saturated heterocycles. The van der Waals surface area contributed by atoms with Gasteiger partial charge in [-0.2, -0.15) is 0 Å². The minimum absolute atomic E-state index is 0.142. The number of para-hydroxylation sites is 1. The second-order valence-corrected chi connectivity index (χ2v) is 7.98. The Labute approximate surface area is 159 Å². The minimum atomic E-state index is -0.685. The van der Waals surface area contributed by atoms with Crippen LogP contribution in [-0.4, -0.2) is 15.5 Å². The van der Waals surface area contributed by atoms with Crippen LogP contribution in [0, 0.1) is 0 Å². The van der Waals surface area contributed by atoms with Gasteiger partial charge in [0.25, 0.3) is 5.56 Å². The number of thiophene rings is 1. The smallest absolute Gasteiger partial charge is 0.263 e. The number of nitrogens with zero attached hydrogens (tertiary/aromatic N) is 2. The maximum atomic E-state index is 13.1. The number of rotatable bonds is 3. The first-order valence-corrected chi connectivity index (χ1v) is 9.82. The Hall–Kier alpha value is -2.18. The average molecular weight is 388 g/mol. The van der Waals surface area contributed by atoms with Crippen molar-refractivity contribution in [1.82, 2.24) is 9.55 Å². The summed E-state index contributed by atoms with van der Waals surface area (Å²) in [4.78, 5) is 32.2. The molecule has 0 spiro atoms. The van der Waals surface area contributed by atoms with Crippen LogP contribution < -0.4 is 10.9 Å². The van der Waals surface area contributed by atoms with E-state index in [1.807, 2.05) is 0 Å². The second-order valence-electron chi connectivity index (χ2n) is 6.49. The predicted molar refractivity (Wildman–Crippen MR) is 105 cm³/mol. The molecule has 0 unspecified atom stereocenters. The number of benzene rings is 1. The molecule has 5 nitrogen and oxygen atoms in total. The van der Waals surface area contributed by atoms with E-state index < -0.39 is 6.04 Å². The van der Waals surface area contributed by atoms with Crippen LogP contribution >= 0.6 is 22.9 Å². The Bertz CT molecular complexity index is 1060. The van der Waals surface area contributed by atoms with E-state index in [4.69, 9.17) is 11.6 Å². The third-order valence-corrected chi connectivity index (χ3v) is 6.36. The molecule has 1 N–H and O–H groups in total. The van der Waals surface area contributed by atoms with Crippen LogP contribution in [-0.2, 0) is 17.6 Å². The molecule has 1 aliphatic rings. The Kier molecular flexibility index (Phi) is 4.54. The zero-order chi connectivity index (χ0) is 18.3. The van der Waals surface area contributed by atoms with Crippen molar-refractivity contribution in [3.8, 4) is 0 Å². The fraction of sp³-hybridized carbons (Fsp3) is 0.316. The number of aromatic nitrogens is 2. The molecule has 1 amide bonds. The van der Waals surface area contributed by atoms with Crippen LogP contribution in [0.3, 0.4) is 0 Å². The lowest BCUT2D eigenvalue weighted by Crippen LogP contribution is -2.32. The number of nitrogens with one attached hydrogen (secondary N) is 1. The van der Waals surface area contributed by atoms with Crippen molar-refractivity contribution >= 4 is 44.7 Å². The van der Waals surface area contributed by atoms with E-state index in [1.54, 1.807) is 42.5 Å². The maximum Gasteiger partial charge on any atom is 0.263 e. The molecule has 1 aromatic carbocycles. The van der Waals surface area contributed by atoms with Gasteiger partial charge in [-0.3, -0.25) is 14.2 Å². The highest BCUT2D eigenvalue weighted by Gasteiger charge is 2.23. The number of anilines is 1. The van der Waals surface area contributed by atoms with Gasteiger partial charge in [-0.15, -0.1) is 11.3 Å². The van der Waals surface area contributed by atoms with Gasteiger partial charge in [-0.1, -0.05) is 23.7 Å². The van der Waals surface area contributed by atoms with Gasteiger partial charge in [-0.25, -0.2) is 4.98 Å². The molecule has 0 aliphatic heterocycles. The third-order valence-electron chi connectivity index (χ3n) is 4.83. The van der Waals surface area contributed by atoms with Crippen LogP contribution in [0.15, 0.2) is 35.4 Å². The van der Waals surface area contributed by atoms with Gasteiger partial charge >= 0.3 is 0 Å². The molecule has 1 atom stereocenters. The van der Waals surface area contributed by atoms with Crippen molar-refractivity contribution in [2.24, 2.45) is 0 Å². The molecule has 2 heterocycles. The maximum absolute atomic E-state index is 13.1. The molecule has 0 radical (unpaired) electrons. The third kappa shape index (κ3) is 2.93. The first-order valence-electron chi connectivity index (χ1n) is 8.63. The standard InChI is InChI=1S/C19H18ClN3O2S/c1-11(17(24)22-14-8-4-3-7-13(14)20)23-10-21-18-16(19(23)25)12-6-2-5-9-15(12)26-18/h3-4,7-8,10-11H,2,5-6,9H2,1H3,(H,22,24)/t11-/m0/s1. The Morgan fingerprint density at radius 1 is 1.31 bits per heavy atom. The summed E-state index contributed by atoms with van der Waals surface area (Å²) in [6, 6.07) is 6.34. The fourth-order valence-corrected chi connectivity index (χ4v) is 4.76. The molecule has 0 saturated carbocycles. The lowest BCUT2D eigenvalue weighted by atomic mass is 9.97. The molecular weight excluding hydrogens is 370 g/mol. The molecule has 2 aromatic heterocycles. The number of amides is 1. The molecule has 26 heavy (non-hydrogen) atoms. The summed E-state index contributed by atoms with van der Waals surface area (Å²) in [5.41, 5.74) is 1.51. The monoisotopic (exact) mass is 387 g/mol. The topological polar surface area (TPSA) is 64.0 Å². The minimum Gasteiger partial charge on any atom is -0.323 e. The van der Waals surface area contributed by atoms with Crippen LogP contribution in [0.5, 0.6) is 0 Å². The average Bonchev–Trinajstić information content (AvgIpc) is 3.02. The quantitative estimate of drug-likeness (QED) is 0.732. The van der Waals surface area contributed by atoms with Crippen LogP contribution in [0.25, 0.3) is 10.2 Å². The van der Waals surface area contributed by atoms with E-state index in [0.29, 0.717) is 16.1 Å². The van der Waals surface area contributed by atoms with Gasteiger partial charge < -0.3 is 5.32 Å². The van der Waals surface area contributed by atoms with E-state index in [0.717, 1.165) is 36.1 Å². The summed E-state index contributed by atoms with van der Waals surface area (Å²) in [5.74, 6) is -0.301. The molecule has 0 bridgehead atoms. The highest BCUT2D eigenvalue weighted by atomic mass is 35.5. The zero-order valence-corrected chi connectivity index (χ0v) is 15.9. The summed E-state index contributed by atoms with van der Waals surface area (Å²) in [6.45, 7) is 1.69. The number of aryl methyl sites for hydroxylation is 2. The van der Waals surface area contributed by atoms with Crippen molar-refractivity contribution < 1.29 is 4.79 Å². The Morgan fingerprint density at radius 2 is 2.08 bits per heavy atom. The van der Waals surface area contributed by atoms with Crippen LogP contribution in [0.4, 0.5) is 5.69 Å². The van der Waals surface area contributed by atoms with Gasteiger partial charge in [0.05, 0.1) is 22.4 Å². The number of hydrogen-bond donors (Lipinski definition) is 1. The lowest BCUT2D eigenvalue weighted by Gasteiger charge is -2.16. The molecule has 1 aliphatic carbocycles. The summed E-state index contributed by atoms with van der Waals surface area (Å²) in [6.07, 6.45) is 5.65. The van der Waals surface area contributed by atoms with Crippen molar-refractivity contribution in [3.05, 3.63) is 56.4 Å². The summed E-state index contributed by atoms with van der Waals surface area (Å²) in [7, 11) is 0. The normalized spacial score (nSPS) is 14.8. The number of carbonyl (C=O) groups excluding carboxylic acids is 1. The van der Waals surface area contributed by atoms with Gasteiger partial charge in [-0.05, 0) is 50.3 Å². The number of fused-ring (bicyclic) bond motifs is 3. The van der Waals surface area contributed by atoms with Gasteiger partial charge in [0.2, 0.25) is 5.91 Å². The van der Waals surface area contributed by atoms with Crippen molar-refractivity contribution in [3.63, 3.8) is 0 Å². The van der Waals surface area contributed by atoms with E-state index in [9.17, 15) is 9.59 Å². The molecular formula is C19H18ClN3O2S. The van der Waals surface area contributed by atoms with Crippen LogP contribution in [0.1, 0.15) is 36.2 Å². The van der Waals surface area contributed by atoms with E-state index >= 15 is 0 Å².